The number of hydrogen-bond acceptors (Lipinski definition) is 5. The van der Waals surface area contributed by atoms with Crippen molar-refractivity contribution in [3.05, 3.63) is 78.3 Å². The van der Waals surface area contributed by atoms with Crippen LogP contribution in [0.4, 0.5) is 0 Å². The van der Waals surface area contributed by atoms with Crippen LogP contribution in [0, 0.1) is 0 Å². The molecule has 1 fully saturated rings. The number of hydrogen-bond donors (Lipinski definition) is 0. The van der Waals surface area contributed by atoms with Gasteiger partial charge in [-0.25, -0.2) is 0 Å². The Morgan fingerprint density at radius 2 is 1.89 bits per heavy atom. The van der Waals surface area contributed by atoms with E-state index < -0.39 is 0 Å². The van der Waals surface area contributed by atoms with Gasteiger partial charge in [0.1, 0.15) is 6.04 Å². The van der Waals surface area contributed by atoms with E-state index in [0.717, 1.165) is 29.3 Å². The normalized spacial score (nSPS) is 16.6. The van der Waals surface area contributed by atoms with Crippen LogP contribution in [-0.2, 0) is 0 Å². The van der Waals surface area contributed by atoms with E-state index >= 15 is 0 Å². The van der Waals surface area contributed by atoms with Crippen molar-refractivity contribution in [2.24, 2.45) is 0 Å². The predicted octanol–water partition coefficient (Wildman–Crippen LogP) is 4.26. The lowest BCUT2D eigenvalue weighted by atomic mass is 10.1. The fourth-order valence-corrected chi connectivity index (χ4v) is 3.77. The first-order valence-electron chi connectivity index (χ1n) is 9.35. The third-order valence-electron chi connectivity index (χ3n) is 5.14. The van der Waals surface area contributed by atoms with E-state index in [9.17, 15) is 4.79 Å². The molecule has 0 bridgehead atoms. The van der Waals surface area contributed by atoms with Gasteiger partial charge in [0.2, 0.25) is 11.7 Å². The number of benzene rings is 2. The fourth-order valence-electron chi connectivity index (χ4n) is 3.77. The van der Waals surface area contributed by atoms with E-state index in [1.165, 1.54) is 0 Å². The number of carbonyl (C=O) groups excluding carboxylic acids is 1. The average Bonchev–Trinajstić information content (AvgIpc) is 3.43. The molecule has 0 N–H and O–H groups in total. The Morgan fingerprint density at radius 3 is 2.79 bits per heavy atom. The van der Waals surface area contributed by atoms with Crippen LogP contribution in [0.15, 0.2) is 71.4 Å². The van der Waals surface area contributed by atoms with E-state index in [1.54, 1.807) is 6.20 Å². The molecular weight excluding hydrogens is 352 g/mol. The number of aromatic nitrogens is 3. The molecule has 28 heavy (non-hydrogen) atoms. The molecule has 6 nitrogen and oxygen atoms in total. The summed E-state index contributed by atoms with van der Waals surface area (Å²) in [4.78, 5) is 24.1. The number of amides is 1. The van der Waals surface area contributed by atoms with Crippen molar-refractivity contribution >= 4 is 16.8 Å². The maximum Gasteiger partial charge on any atom is 0.256 e. The van der Waals surface area contributed by atoms with Gasteiger partial charge in [0, 0.05) is 23.7 Å². The smallest absolute Gasteiger partial charge is 0.256 e. The first-order valence-corrected chi connectivity index (χ1v) is 9.35. The second-order valence-corrected chi connectivity index (χ2v) is 6.86. The molecule has 1 amide bonds. The van der Waals surface area contributed by atoms with Gasteiger partial charge in [0.25, 0.3) is 5.91 Å². The molecule has 2 aromatic carbocycles. The van der Waals surface area contributed by atoms with Crippen LogP contribution in [-0.4, -0.2) is 32.5 Å². The first kappa shape index (κ1) is 16.6. The minimum atomic E-state index is -0.212. The van der Waals surface area contributed by atoms with Gasteiger partial charge in [-0.15, -0.1) is 0 Å². The number of nitrogens with zero attached hydrogens (tertiary/aromatic N) is 4. The van der Waals surface area contributed by atoms with Gasteiger partial charge >= 0.3 is 0 Å². The van der Waals surface area contributed by atoms with E-state index in [0.29, 0.717) is 23.8 Å². The highest BCUT2D eigenvalue weighted by Crippen LogP contribution is 2.34. The van der Waals surface area contributed by atoms with E-state index in [4.69, 9.17) is 4.52 Å². The maximum absolute atomic E-state index is 13.3. The lowest BCUT2D eigenvalue weighted by Gasteiger charge is -2.22. The largest absolute Gasteiger partial charge is 0.337 e. The van der Waals surface area contributed by atoms with Crippen molar-refractivity contribution in [2.75, 3.05) is 6.54 Å². The van der Waals surface area contributed by atoms with Crippen LogP contribution < -0.4 is 0 Å². The Morgan fingerprint density at radius 1 is 1.04 bits per heavy atom. The highest BCUT2D eigenvalue weighted by Gasteiger charge is 2.35. The second-order valence-electron chi connectivity index (χ2n) is 6.86. The van der Waals surface area contributed by atoms with Gasteiger partial charge in [0.15, 0.2) is 0 Å². The molecule has 1 aliphatic rings. The average molecular weight is 370 g/mol. The summed E-state index contributed by atoms with van der Waals surface area (Å²) in [6.07, 6.45) is 3.42. The molecule has 138 valence electrons. The van der Waals surface area contributed by atoms with Gasteiger partial charge in [-0.2, -0.15) is 4.98 Å². The number of para-hydroxylation sites is 1. The van der Waals surface area contributed by atoms with E-state index in [-0.39, 0.29) is 11.9 Å². The molecule has 1 atom stereocenters. The summed E-state index contributed by atoms with van der Waals surface area (Å²) in [6.45, 7) is 0.662. The predicted molar refractivity (Wildman–Crippen MR) is 104 cm³/mol. The molecule has 0 radical (unpaired) electrons. The summed E-state index contributed by atoms with van der Waals surface area (Å²) in [7, 11) is 0. The molecule has 0 spiro atoms. The number of likely N-dealkylation sites (tertiary alicyclic amines) is 1. The standard InChI is InChI=1S/C22H18N4O2/c27-22(17-11-4-9-15-10-5-13-23-19(15)17)26-14-6-12-18(26)21-24-20(25-28-21)16-7-2-1-3-8-16/h1-5,7-11,13,18H,6,12,14H2. The first-order chi connectivity index (χ1) is 13.8. The molecule has 5 rings (SSSR count). The maximum atomic E-state index is 13.3. The van der Waals surface area contributed by atoms with Crippen molar-refractivity contribution in [1.29, 1.82) is 0 Å². The van der Waals surface area contributed by atoms with Crippen molar-refractivity contribution in [3.8, 4) is 11.4 Å². The third-order valence-corrected chi connectivity index (χ3v) is 5.14. The van der Waals surface area contributed by atoms with Crippen LogP contribution in [0.2, 0.25) is 0 Å². The summed E-state index contributed by atoms with van der Waals surface area (Å²) < 4.78 is 5.54. The SMILES string of the molecule is O=C(c1cccc2cccnc12)N1CCCC1c1nc(-c2ccccc2)no1. The molecular formula is C22H18N4O2. The molecule has 3 heterocycles. The van der Waals surface area contributed by atoms with Gasteiger partial charge in [0.05, 0.1) is 11.1 Å². The van der Waals surface area contributed by atoms with Crippen LogP contribution >= 0.6 is 0 Å². The molecule has 1 saturated heterocycles. The minimum Gasteiger partial charge on any atom is -0.337 e. The third kappa shape index (κ3) is 2.83. The number of pyridine rings is 1. The summed E-state index contributed by atoms with van der Waals surface area (Å²) >= 11 is 0. The number of fused-ring (bicyclic) bond motifs is 1. The summed E-state index contributed by atoms with van der Waals surface area (Å²) in [5.74, 6) is 0.978. The summed E-state index contributed by atoms with van der Waals surface area (Å²) in [5.41, 5.74) is 2.22. The van der Waals surface area contributed by atoms with Gasteiger partial charge in [-0.1, -0.05) is 53.7 Å². The quantitative estimate of drug-likeness (QED) is 0.539. The number of carbonyl (C=O) groups is 1. The van der Waals surface area contributed by atoms with Crippen LogP contribution in [0.25, 0.3) is 22.3 Å². The van der Waals surface area contributed by atoms with Crippen LogP contribution in [0.3, 0.4) is 0 Å². The minimum absolute atomic E-state index is 0.0498. The molecule has 0 aliphatic carbocycles. The summed E-state index contributed by atoms with van der Waals surface area (Å²) in [6, 6.07) is 19.0. The molecule has 1 unspecified atom stereocenters. The Labute approximate surface area is 161 Å². The molecule has 2 aromatic heterocycles. The lowest BCUT2D eigenvalue weighted by Crippen LogP contribution is -2.31. The van der Waals surface area contributed by atoms with Crippen molar-refractivity contribution in [3.63, 3.8) is 0 Å². The topological polar surface area (TPSA) is 72.1 Å². The molecule has 1 aliphatic heterocycles. The lowest BCUT2D eigenvalue weighted by molar-refractivity contribution is 0.0712. The van der Waals surface area contributed by atoms with Gasteiger partial charge < -0.3 is 9.42 Å². The van der Waals surface area contributed by atoms with E-state index in [1.807, 2.05) is 65.6 Å². The number of rotatable bonds is 3. The highest BCUT2D eigenvalue weighted by atomic mass is 16.5. The van der Waals surface area contributed by atoms with Crippen LogP contribution in [0.1, 0.15) is 35.1 Å². The second kappa shape index (κ2) is 6.88. The molecule has 0 saturated carbocycles. The monoisotopic (exact) mass is 370 g/mol. The molecule has 4 aromatic rings. The van der Waals surface area contributed by atoms with Gasteiger partial charge in [-0.3, -0.25) is 9.78 Å². The van der Waals surface area contributed by atoms with Crippen molar-refractivity contribution < 1.29 is 9.32 Å². The highest BCUT2D eigenvalue weighted by molar-refractivity contribution is 6.05. The zero-order valence-corrected chi connectivity index (χ0v) is 15.2. The Hall–Kier alpha value is -3.54. The van der Waals surface area contributed by atoms with E-state index in [2.05, 4.69) is 15.1 Å². The van der Waals surface area contributed by atoms with Crippen molar-refractivity contribution in [2.45, 2.75) is 18.9 Å². The zero-order chi connectivity index (χ0) is 18.9. The Balaban J connectivity index is 1.47. The van der Waals surface area contributed by atoms with Gasteiger partial charge in [-0.05, 0) is 25.0 Å². The van der Waals surface area contributed by atoms with Crippen molar-refractivity contribution in [1.82, 2.24) is 20.0 Å². The zero-order valence-electron chi connectivity index (χ0n) is 15.2. The molecule has 6 heteroatoms. The Bertz CT molecular complexity index is 1130. The van der Waals surface area contributed by atoms with Crippen LogP contribution in [0.5, 0.6) is 0 Å². The summed E-state index contributed by atoms with van der Waals surface area (Å²) in [5, 5.41) is 5.06. The Kier molecular flexibility index (Phi) is 4.09. The fraction of sp³-hybridized carbons (Fsp3) is 0.182.